The van der Waals surface area contributed by atoms with Crippen molar-refractivity contribution in [2.75, 3.05) is 31.6 Å². The van der Waals surface area contributed by atoms with Crippen LogP contribution in [0.3, 0.4) is 0 Å². The molecule has 1 saturated heterocycles. The van der Waals surface area contributed by atoms with Crippen LogP contribution in [-0.2, 0) is 5.66 Å². The first-order valence-corrected chi connectivity index (χ1v) is 10.8. The van der Waals surface area contributed by atoms with E-state index in [2.05, 4.69) is 10.3 Å². The summed E-state index contributed by atoms with van der Waals surface area (Å²) < 4.78 is 0. The Morgan fingerprint density at radius 3 is 2.59 bits per heavy atom. The number of hydrogen-bond acceptors (Lipinski definition) is 5. The van der Waals surface area contributed by atoms with Gasteiger partial charge in [0.05, 0.1) is 12.2 Å². The lowest BCUT2D eigenvalue weighted by atomic mass is 9.89. The van der Waals surface area contributed by atoms with E-state index in [-0.39, 0.29) is 18.4 Å². The molecule has 2 N–H and O–H groups in total. The Hall–Kier alpha value is -3.42. The fraction of sp³-hybridized carbons (Fsp3) is 0.208. The predicted molar refractivity (Wildman–Crippen MR) is 121 cm³/mol. The van der Waals surface area contributed by atoms with Gasteiger partial charge in [0.1, 0.15) is 5.82 Å². The lowest BCUT2D eigenvalue weighted by Gasteiger charge is -2.40. The van der Waals surface area contributed by atoms with Crippen LogP contribution in [0.15, 0.2) is 66.9 Å². The number of hydrogen-bond donors (Lipinski definition) is 2. The second kappa shape index (κ2) is 7.93. The number of carbonyl (C=O) groups is 2. The number of carbonyl (C=O) groups excluding carboxylic acids is 2. The molecule has 1 aromatic heterocycles. The molecule has 32 heavy (non-hydrogen) atoms. The Balaban J connectivity index is 1.62. The molecule has 2 aromatic carbocycles. The molecule has 0 saturated carbocycles. The maximum absolute atomic E-state index is 13.7. The van der Waals surface area contributed by atoms with Gasteiger partial charge in [0.2, 0.25) is 0 Å². The van der Waals surface area contributed by atoms with Crippen molar-refractivity contribution in [2.24, 2.45) is 0 Å². The SMILES string of the molecule is O=C(c1ccc(NCCO)nc1)N1CCN2C(=O)c3ccccc3C12c1ccc(Cl)cc1. The Morgan fingerprint density at radius 1 is 1.09 bits per heavy atom. The zero-order chi connectivity index (χ0) is 22.3. The molecule has 8 heteroatoms. The van der Waals surface area contributed by atoms with Gasteiger partial charge in [0.15, 0.2) is 5.66 Å². The second-order valence-electron chi connectivity index (χ2n) is 7.72. The van der Waals surface area contributed by atoms with Gasteiger partial charge in [-0.25, -0.2) is 4.98 Å². The molecule has 0 bridgehead atoms. The van der Waals surface area contributed by atoms with E-state index in [9.17, 15) is 9.59 Å². The minimum atomic E-state index is -1.04. The molecule has 2 aliphatic rings. The van der Waals surface area contributed by atoms with Crippen molar-refractivity contribution < 1.29 is 14.7 Å². The van der Waals surface area contributed by atoms with Crippen LogP contribution in [0.2, 0.25) is 5.02 Å². The van der Waals surface area contributed by atoms with Gasteiger partial charge >= 0.3 is 0 Å². The molecule has 0 spiro atoms. The first kappa shape index (κ1) is 20.5. The van der Waals surface area contributed by atoms with E-state index in [0.717, 1.165) is 11.1 Å². The predicted octanol–water partition coefficient (Wildman–Crippen LogP) is 2.95. The molecule has 1 atom stereocenters. The third-order valence-corrected chi connectivity index (χ3v) is 6.28. The number of aliphatic hydroxyl groups is 1. The smallest absolute Gasteiger partial charge is 0.257 e. The lowest BCUT2D eigenvalue weighted by Crippen LogP contribution is -2.51. The number of benzene rings is 2. The number of nitrogens with zero attached hydrogens (tertiary/aromatic N) is 3. The van der Waals surface area contributed by atoms with Crippen LogP contribution >= 0.6 is 11.6 Å². The molecule has 3 aromatic rings. The summed E-state index contributed by atoms with van der Waals surface area (Å²) in [6.45, 7) is 1.18. The summed E-state index contributed by atoms with van der Waals surface area (Å²) in [4.78, 5) is 34.8. The Kier molecular flexibility index (Phi) is 5.07. The standard InChI is InChI=1S/C24H21ClN4O3/c25-18-8-6-17(7-9-18)24-20-4-2-1-3-19(20)23(32)29(24)13-12-28(24)22(31)16-5-10-21(27-15-16)26-11-14-30/h1-10,15,30H,11-14H2,(H,26,27). The van der Waals surface area contributed by atoms with Crippen molar-refractivity contribution in [1.82, 2.24) is 14.8 Å². The summed E-state index contributed by atoms with van der Waals surface area (Å²) in [5.74, 6) is 0.271. The van der Waals surface area contributed by atoms with E-state index in [0.29, 0.717) is 41.6 Å². The average Bonchev–Trinajstić information content (AvgIpc) is 3.34. The van der Waals surface area contributed by atoms with Crippen LogP contribution in [0.1, 0.15) is 31.8 Å². The van der Waals surface area contributed by atoms with Crippen molar-refractivity contribution in [1.29, 1.82) is 0 Å². The number of fused-ring (bicyclic) bond motifs is 3. The van der Waals surface area contributed by atoms with Crippen molar-refractivity contribution in [3.8, 4) is 0 Å². The van der Waals surface area contributed by atoms with Gasteiger partial charge in [-0.1, -0.05) is 41.9 Å². The minimum absolute atomic E-state index is 0.0109. The molecule has 162 valence electrons. The molecular formula is C24H21ClN4O3. The number of rotatable bonds is 5. The molecular weight excluding hydrogens is 428 g/mol. The molecule has 0 radical (unpaired) electrons. The third kappa shape index (κ3) is 2.97. The zero-order valence-corrected chi connectivity index (χ0v) is 17.9. The largest absolute Gasteiger partial charge is 0.395 e. The molecule has 0 aliphatic carbocycles. The van der Waals surface area contributed by atoms with Crippen LogP contribution in [-0.4, -0.2) is 57.9 Å². The molecule has 3 heterocycles. The quantitative estimate of drug-likeness (QED) is 0.626. The summed E-state index contributed by atoms with van der Waals surface area (Å²) >= 11 is 6.14. The number of nitrogens with one attached hydrogen (secondary N) is 1. The topological polar surface area (TPSA) is 85.8 Å². The molecule has 2 aliphatic heterocycles. The zero-order valence-electron chi connectivity index (χ0n) is 17.2. The fourth-order valence-corrected chi connectivity index (χ4v) is 4.82. The highest BCUT2D eigenvalue weighted by atomic mass is 35.5. The van der Waals surface area contributed by atoms with Crippen LogP contribution < -0.4 is 5.32 Å². The Labute approximate surface area is 190 Å². The van der Waals surface area contributed by atoms with E-state index < -0.39 is 5.66 Å². The average molecular weight is 449 g/mol. The summed E-state index contributed by atoms with van der Waals surface area (Å²) in [6, 6.07) is 18.1. The van der Waals surface area contributed by atoms with Crippen LogP contribution in [0.4, 0.5) is 5.82 Å². The monoisotopic (exact) mass is 448 g/mol. The summed E-state index contributed by atoms with van der Waals surface area (Å²) in [5.41, 5.74) is 1.57. The van der Waals surface area contributed by atoms with Gasteiger partial charge in [-0.05, 0) is 30.3 Å². The van der Waals surface area contributed by atoms with Crippen LogP contribution in [0.25, 0.3) is 0 Å². The van der Waals surface area contributed by atoms with E-state index in [1.165, 1.54) is 6.20 Å². The maximum Gasteiger partial charge on any atom is 0.257 e. The molecule has 2 amide bonds. The van der Waals surface area contributed by atoms with Crippen LogP contribution in [0.5, 0.6) is 0 Å². The van der Waals surface area contributed by atoms with Crippen molar-refractivity contribution >= 4 is 29.2 Å². The summed E-state index contributed by atoms with van der Waals surface area (Å²) in [6.07, 6.45) is 1.52. The lowest BCUT2D eigenvalue weighted by molar-refractivity contribution is 0.0375. The number of aromatic nitrogens is 1. The van der Waals surface area contributed by atoms with Crippen LogP contribution in [0, 0.1) is 0 Å². The number of anilines is 1. The van der Waals surface area contributed by atoms with Gasteiger partial charge in [-0.2, -0.15) is 0 Å². The highest BCUT2D eigenvalue weighted by Gasteiger charge is 2.59. The molecule has 5 rings (SSSR count). The number of halogens is 1. The number of amides is 2. The van der Waals surface area contributed by atoms with Gasteiger partial charge < -0.3 is 20.2 Å². The van der Waals surface area contributed by atoms with Gasteiger partial charge in [-0.15, -0.1) is 0 Å². The third-order valence-electron chi connectivity index (χ3n) is 6.03. The van der Waals surface area contributed by atoms with E-state index >= 15 is 0 Å². The van der Waals surface area contributed by atoms with E-state index in [1.807, 2.05) is 30.3 Å². The summed E-state index contributed by atoms with van der Waals surface area (Å²) in [5, 5.41) is 12.5. The first-order chi connectivity index (χ1) is 15.6. The van der Waals surface area contributed by atoms with Gasteiger partial charge in [0, 0.05) is 47.5 Å². The van der Waals surface area contributed by atoms with Gasteiger partial charge in [0.25, 0.3) is 11.8 Å². The van der Waals surface area contributed by atoms with Gasteiger partial charge in [-0.3, -0.25) is 9.59 Å². The Bertz CT molecular complexity index is 1180. The van der Waals surface area contributed by atoms with Crippen molar-refractivity contribution in [3.05, 3.63) is 94.1 Å². The normalized spacial score (nSPS) is 19.1. The number of pyridine rings is 1. The molecule has 1 fully saturated rings. The highest BCUT2D eigenvalue weighted by Crippen LogP contribution is 2.50. The van der Waals surface area contributed by atoms with E-state index in [4.69, 9.17) is 16.7 Å². The molecule has 7 nitrogen and oxygen atoms in total. The fourth-order valence-electron chi connectivity index (χ4n) is 4.69. The second-order valence-corrected chi connectivity index (χ2v) is 8.16. The van der Waals surface area contributed by atoms with Crippen molar-refractivity contribution in [3.63, 3.8) is 0 Å². The van der Waals surface area contributed by atoms with E-state index in [1.54, 1.807) is 40.1 Å². The number of aliphatic hydroxyl groups excluding tert-OH is 1. The summed E-state index contributed by atoms with van der Waals surface area (Å²) in [7, 11) is 0. The van der Waals surface area contributed by atoms with Crippen molar-refractivity contribution in [2.45, 2.75) is 5.66 Å². The first-order valence-electron chi connectivity index (χ1n) is 10.4. The molecule has 1 unspecified atom stereocenters. The Morgan fingerprint density at radius 2 is 1.88 bits per heavy atom. The maximum atomic E-state index is 13.7. The minimum Gasteiger partial charge on any atom is -0.395 e. The highest BCUT2D eigenvalue weighted by molar-refractivity contribution is 6.30.